The summed E-state index contributed by atoms with van der Waals surface area (Å²) in [6.45, 7) is 0. The van der Waals surface area contributed by atoms with Gasteiger partial charge >= 0.3 is 0 Å². The van der Waals surface area contributed by atoms with E-state index in [-0.39, 0.29) is 73.1 Å². The Bertz CT molecular complexity index is 3760. The molecule has 0 saturated heterocycles. The third-order valence-corrected chi connectivity index (χ3v) is 8.82. The average Bonchev–Trinajstić information content (AvgIpc) is 3.73. The summed E-state index contributed by atoms with van der Waals surface area (Å²) in [7, 11) is 0. The van der Waals surface area contributed by atoms with E-state index in [1.807, 2.05) is 0 Å². The molecule has 0 bridgehead atoms. The Morgan fingerprint density at radius 1 is 0.347 bits per heavy atom. The Morgan fingerprint density at radius 2 is 0.939 bits per heavy atom. The molecule has 0 aliphatic heterocycles. The van der Waals surface area contributed by atoms with Crippen molar-refractivity contribution in [2.75, 3.05) is 0 Å². The van der Waals surface area contributed by atoms with E-state index >= 15 is 0 Å². The molecule has 0 saturated carbocycles. The fraction of sp³-hybridized carbons (Fsp3) is 0. The number of hydrogen-bond acceptors (Lipinski definition) is 1. The first-order chi connectivity index (χ1) is 31.4. The van der Waals surface area contributed by atoms with Gasteiger partial charge in [0.05, 0.1) is 23.3 Å². The predicted molar refractivity (Wildman–Crippen MR) is 208 cm³/mol. The lowest BCUT2D eigenvalue weighted by Crippen LogP contribution is -1.92. The van der Waals surface area contributed by atoms with Crippen LogP contribution in [0.4, 0.5) is 0 Å². The third kappa shape index (κ3) is 4.33. The van der Waals surface area contributed by atoms with Crippen molar-refractivity contribution in [2.45, 2.75) is 0 Å². The molecule has 0 radical (unpaired) electrons. The van der Waals surface area contributed by atoms with Crippen LogP contribution in [0.15, 0.2) is 186 Å². The van der Waals surface area contributed by atoms with Crippen LogP contribution in [0, 0.1) is 0 Å². The van der Waals surface area contributed by atoms with Crippen LogP contribution >= 0.6 is 0 Å². The number of furan rings is 1. The molecule has 0 N–H and O–H groups in total. The molecule has 10 rings (SSSR count). The molecular formula is C48H30O. The summed E-state index contributed by atoms with van der Waals surface area (Å²) in [5.74, 6) is 0. The van der Waals surface area contributed by atoms with Gasteiger partial charge in [0.15, 0.2) is 0 Å². The number of fused-ring (bicyclic) bond motifs is 6. The monoisotopic (exact) mass is 639 g/mol. The zero-order valence-electron chi connectivity index (χ0n) is 42.4. The molecule has 0 unspecified atom stereocenters. The van der Waals surface area contributed by atoms with Gasteiger partial charge in [-0.25, -0.2) is 0 Å². The van der Waals surface area contributed by atoms with Crippen molar-refractivity contribution in [3.63, 3.8) is 0 Å². The van der Waals surface area contributed by atoms with Crippen molar-refractivity contribution < 1.29 is 27.7 Å². The molecule has 9 aromatic carbocycles. The van der Waals surface area contributed by atoms with Crippen molar-refractivity contribution in [1.29, 1.82) is 0 Å². The normalized spacial score (nSPS) is 16.5. The van der Waals surface area contributed by atoms with Crippen molar-refractivity contribution in [2.24, 2.45) is 0 Å². The van der Waals surface area contributed by atoms with Crippen LogP contribution in [0.3, 0.4) is 0 Å². The highest BCUT2D eigenvalue weighted by atomic mass is 16.3. The zero-order valence-corrected chi connectivity index (χ0v) is 25.4. The highest BCUT2D eigenvalue weighted by Crippen LogP contribution is 2.48. The minimum absolute atomic E-state index is 0.00793. The van der Waals surface area contributed by atoms with E-state index < -0.39 is 95.7 Å². The maximum absolute atomic E-state index is 9.72. The summed E-state index contributed by atoms with van der Waals surface area (Å²) in [6.07, 6.45) is 0. The third-order valence-electron chi connectivity index (χ3n) is 8.82. The molecule has 0 spiro atoms. The predicted octanol–water partition coefficient (Wildman–Crippen LogP) is 13.7. The van der Waals surface area contributed by atoms with Gasteiger partial charge < -0.3 is 4.42 Å². The lowest BCUT2D eigenvalue weighted by molar-refractivity contribution is 0.669. The Labute approximate surface area is 308 Å². The van der Waals surface area contributed by atoms with Crippen molar-refractivity contribution in [1.82, 2.24) is 0 Å². The van der Waals surface area contributed by atoms with Gasteiger partial charge in [0, 0.05) is 10.8 Å². The second-order valence-electron chi connectivity index (χ2n) is 11.5. The van der Waals surface area contributed by atoms with Crippen LogP contribution in [0.25, 0.3) is 98.8 Å². The van der Waals surface area contributed by atoms with Gasteiger partial charge in [-0.15, -0.1) is 0 Å². The lowest BCUT2D eigenvalue weighted by atomic mass is 9.83. The second kappa shape index (κ2) is 11.1. The molecular weight excluding hydrogens is 593 g/mol. The summed E-state index contributed by atoms with van der Waals surface area (Å²) in [6, 6.07) is 12.4. The number of hydrogen-bond donors (Lipinski definition) is 0. The smallest absolute Gasteiger partial charge is 0.136 e. The van der Waals surface area contributed by atoms with E-state index in [9.17, 15) is 9.60 Å². The fourth-order valence-electron chi connectivity index (χ4n) is 6.74. The summed E-state index contributed by atoms with van der Waals surface area (Å²) in [4.78, 5) is 0. The molecule has 1 heterocycles. The van der Waals surface area contributed by atoms with E-state index in [0.29, 0.717) is 32.7 Å². The number of rotatable bonds is 4. The van der Waals surface area contributed by atoms with Crippen molar-refractivity contribution in [3.05, 3.63) is 182 Å². The molecule has 228 valence electrons. The molecule has 0 aliphatic carbocycles. The van der Waals surface area contributed by atoms with Crippen molar-refractivity contribution in [3.8, 4) is 44.5 Å². The standard InChI is InChI=1S/C48H30O/c1-3-14-31(15-4-1)33-26-27-42-45(30-33)49-44-25-13-24-43(48(42)44)47-39-22-11-9-20-37(39)46(38-21-10-12-23-40(38)47)41-29-28-34(32-16-5-2-6-17-32)35-18-7-8-19-36(35)41/h1-30H/i2D,5D,6D,7D,8D,13D,16D,17D,18D,19D,24D,25D,26D,27D,28D,29D,30D. The van der Waals surface area contributed by atoms with E-state index in [4.69, 9.17) is 18.1 Å². The summed E-state index contributed by atoms with van der Waals surface area (Å²) >= 11 is 0. The van der Waals surface area contributed by atoms with Gasteiger partial charge in [-0.2, -0.15) is 0 Å². The molecule has 1 heteroatoms. The van der Waals surface area contributed by atoms with Gasteiger partial charge in [-0.3, -0.25) is 0 Å². The van der Waals surface area contributed by atoms with Gasteiger partial charge in [-0.1, -0.05) is 163 Å². The number of benzene rings is 9. The molecule has 0 aliphatic rings. The summed E-state index contributed by atoms with van der Waals surface area (Å²) in [5, 5.41) is 0.929. The minimum atomic E-state index is -0.739. The molecule has 1 nitrogen and oxygen atoms in total. The van der Waals surface area contributed by atoms with Gasteiger partial charge in [0.2, 0.25) is 0 Å². The van der Waals surface area contributed by atoms with Crippen LogP contribution in [-0.4, -0.2) is 0 Å². The van der Waals surface area contributed by atoms with Gasteiger partial charge in [0.25, 0.3) is 0 Å². The largest absolute Gasteiger partial charge is 0.456 e. The Balaban J connectivity index is 1.41. The first-order valence-electron chi connectivity index (χ1n) is 24.0. The molecule has 0 amide bonds. The van der Waals surface area contributed by atoms with E-state index in [0.717, 1.165) is 0 Å². The quantitative estimate of drug-likeness (QED) is 0.175. The molecule has 10 aromatic rings. The minimum Gasteiger partial charge on any atom is -0.456 e. The Kier molecular flexibility index (Phi) is 3.54. The second-order valence-corrected chi connectivity index (χ2v) is 11.5. The molecule has 0 fully saturated rings. The summed E-state index contributed by atoms with van der Waals surface area (Å²) in [5.41, 5.74) is -0.143. The average molecular weight is 640 g/mol. The molecule has 49 heavy (non-hydrogen) atoms. The van der Waals surface area contributed by atoms with Gasteiger partial charge in [-0.05, 0) is 95.0 Å². The van der Waals surface area contributed by atoms with E-state index in [2.05, 4.69) is 0 Å². The van der Waals surface area contributed by atoms with E-state index in [1.54, 1.807) is 78.9 Å². The Morgan fingerprint density at radius 3 is 1.63 bits per heavy atom. The van der Waals surface area contributed by atoms with Gasteiger partial charge in [0.1, 0.15) is 11.2 Å². The van der Waals surface area contributed by atoms with Crippen LogP contribution in [0.2, 0.25) is 0 Å². The van der Waals surface area contributed by atoms with Crippen LogP contribution in [0.1, 0.15) is 23.3 Å². The fourth-order valence-corrected chi connectivity index (χ4v) is 6.74. The molecule has 1 aromatic heterocycles. The van der Waals surface area contributed by atoms with Crippen molar-refractivity contribution >= 4 is 54.3 Å². The SMILES string of the molecule is [2H]c1c([2H])c([2H])c(-c2c([2H])c([2H])c(-c3c4ccccc4c(-c4c([2H])c([2H])c([2H])c5oc6c([2H])c(-c7ccccc7)c([2H])c([2H])c6c45)c4ccccc34)c3c([2H])c([2H])c([2H])c([2H])c23)c([2H])c1[2H]. The van der Waals surface area contributed by atoms with Crippen LogP contribution in [-0.2, 0) is 0 Å². The topological polar surface area (TPSA) is 13.1 Å². The maximum atomic E-state index is 9.72. The van der Waals surface area contributed by atoms with E-state index in [1.165, 1.54) is 0 Å². The first-order valence-corrected chi connectivity index (χ1v) is 15.5. The maximum Gasteiger partial charge on any atom is 0.136 e. The molecule has 0 atom stereocenters. The van der Waals surface area contributed by atoms with Crippen LogP contribution in [0.5, 0.6) is 0 Å². The van der Waals surface area contributed by atoms with Crippen LogP contribution < -0.4 is 0 Å². The Hall–Kier alpha value is -6.44. The first kappa shape index (κ1) is 15.6. The lowest BCUT2D eigenvalue weighted by Gasteiger charge is -2.20. The highest BCUT2D eigenvalue weighted by Gasteiger charge is 2.21. The summed E-state index contributed by atoms with van der Waals surface area (Å²) < 4.78 is 160. The highest BCUT2D eigenvalue weighted by molar-refractivity contribution is 6.27. The zero-order chi connectivity index (χ0) is 47.1.